The molecular weight excluding hydrogens is 188 g/mol. The van der Waals surface area contributed by atoms with Gasteiger partial charge in [0.25, 0.3) is 0 Å². The van der Waals surface area contributed by atoms with Gasteiger partial charge in [0, 0.05) is 12.2 Å². The molecule has 0 radical (unpaired) electrons. The highest BCUT2D eigenvalue weighted by Crippen LogP contribution is 2.29. The fourth-order valence-corrected chi connectivity index (χ4v) is 2.16. The molecule has 3 heteroatoms. The fraction of sp³-hybridized carbons (Fsp3) is 0.417. The molecule has 0 spiro atoms. The molecule has 3 nitrogen and oxygen atoms in total. The van der Waals surface area contributed by atoms with Gasteiger partial charge in [-0.25, -0.2) is 0 Å². The minimum absolute atomic E-state index is 0.247. The average Bonchev–Trinajstić information content (AvgIpc) is 2.30. The number of carbonyl (C=O) groups is 1. The highest BCUT2D eigenvalue weighted by Gasteiger charge is 2.21. The lowest BCUT2D eigenvalue weighted by Gasteiger charge is -2.33. The predicted octanol–water partition coefficient (Wildman–Crippen LogP) is 1.95. The zero-order valence-electron chi connectivity index (χ0n) is 8.73. The van der Waals surface area contributed by atoms with Crippen molar-refractivity contribution >= 4 is 12.1 Å². The number of benzene rings is 1. The van der Waals surface area contributed by atoms with Gasteiger partial charge in [0.05, 0.1) is 6.04 Å². The molecule has 0 bridgehead atoms. The van der Waals surface area contributed by atoms with E-state index >= 15 is 0 Å². The molecule has 1 saturated heterocycles. The van der Waals surface area contributed by atoms with E-state index in [1.807, 2.05) is 29.2 Å². The monoisotopic (exact) mass is 204 g/mol. The summed E-state index contributed by atoms with van der Waals surface area (Å²) in [4.78, 5) is 12.8. The predicted molar refractivity (Wildman–Crippen MR) is 60.2 cm³/mol. The van der Waals surface area contributed by atoms with Crippen LogP contribution in [0.4, 0.5) is 5.69 Å². The van der Waals surface area contributed by atoms with E-state index in [2.05, 4.69) is 0 Å². The maximum absolute atomic E-state index is 10.9. The summed E-state index contributed by atoms with van der Waals surface area (Å²) in [6, 6.07) is 8.07. The van der Waals surface area contributed by atoms with E-state index in [1.54, 1.807) is 0 Å². The Morgan fingerprint density at radius 2 is 2.00 bits per heavy atom. The van der Waals surface area contributed by atoms with Crippen LogP contribution in [-0.4, -0.2) is 17.9 Å². The van der Waals surface area contributed by atoms with Gasteiger partial charge in [-0.2, -0.15) is 0 Å². The number of nitrogen functional groups attached to an aromatic ring is 1. The Hall–Kier alpha value is -1.51. The van der Waals surface area contributed by atoms with Crippen LogP contribution in [0.1, 0.15) is 30.9 Å². The molecule has 15 heavy (non-hydrogen) atoms. The highest BCUT2D eigenvalue weighted by molar-refractivity contribution is 5.50. The van der Waals surface area contributed by atoms with Gasteiger partial charge in [0.2, 0.25) is 6.41 Å². The van der Waals surface area contributed by atoms with Crippen molar-refractivity contribution < 1.29 is 4.79 Å². The molecule has 1 aliphatic heterocycles. The first-order valence-corrected chi connectivity index (χ1v) is 5.38. The summed E-state index contributed by atoms with van der Waals surface area (Å²) in [7, 11) is 0. The Morgan fingerprint density at radius 1 is 1.27 bits per heavy atom. The zero-order chi connectivity index (χ0) is 10.7. The van der Waals surface area contributed by atoms with Gasteiger partial charge < -0.3 is 10.6 Å². The number of hydrogen-bond acceptors (Lipinski definition) is 2. The second kappa shape index (κ2) is 4.34. The van der Waals surface area contributed by atoms with Crippen LogP contribution in [0.2, 0.25) is 0 Å². The van der Waals surface area contributed by atoms with Crippen LogP contribution in [0.3, 0.4) is 0 Å². The number of carbonyl (C=O) groups excluding carboxylic acids is 1. The SMILES string of the molecule is Nc1ccc(C2CCCCN2C=O)cc1. The first-order valence-electron chi connectivity index (χ1n) is 5.38. The van der Waals surface area contributed by atoms with E-state index < -0.39 is 0 Å². The number of amides is 1. The second-order valence-corrected chi connectivity index (χ2v) is 4.02. The molecular formula is C12H16N2O. The highest BCUT2D eigenvalue weighted by atomic mass is 16.1. The summed E-state index contributed by atoms with van der Waals surface area (Å²) >= 11 is 0. The zero-order valence-corrected chi connectivity index (χ0v) is 8.73. The molecule has 0 saturated carbocycles. The molecule has 1 amide bonds. The molecule has 2 rings (SSSR count). The lowest BCUT2D eigenvalue weighted by atomic mass is 9.96. The van der Waals surface area contributed by atoms with Crippen LogP contribution in [0.5, 0.6) is 0 Å². The Labute approximate surface area is 89.9 Å². The third kappa shape index (κ3) is 2.12. The van der Waals surface area contributed by atoms with E-state index in [1.165, 1.54) is 12.0 Å². The summed E-state index contributed by atoms with van der Waals surface area (Å²) in [5.41, 5.74) is 7.60. The van der Waals surface area contributed by atoms with Crippen molar-refractivity contribution in [3.63, 3.8) is 0 Å². The summed E-state index contributed by atoms with van der Waals surface area (Å²) in [6.07, 6.45) is 4.33. The van der Waals surface area contributed by atoms with Crippen LogP contribution < -0.4 is 5.73 Å². The third-order valence-electron chi connectivity index (χ3n) is 3.00. The molecule has 2 N–H and O–H groups in total. The van der Waals surface area contributed by atoms with E-state index in [4.69, 9.17) is 5.73 Å². The van der Waals surface area contributed by atoms with Gasteiger partial charge in [-0.3, -0.25) is 4.79 Å². The average molecular weight is 204 g/mol. The van der Waals surface area contributed by atoms with Gasteiger partial charge in [0.15, 0.2) is 0 Å². The third-order valence-corrected chi connectivity index (χ3v) is 3.00. The molecule has 1 unspecified atom stereocenters. The minimum atomic E-state index is 0.247. The van der Waals surface area contributed by atoms with E-state index in [-0.39, 0.29) is 6.04 Å². The van der Waals surface area contributed by atoms with Crippen LogP contribution >= 0.6 is 0 Å². The van der Waals surface area contributed by atoms with Crippen LogP contribution in [0.25, 0.3) is 0 Å². The van der Waals surface area contributed by atoms with Gasteiger partial charge in [-0.05, 0) is 37.0 Å². The molecule has 1 aromatic rings. The summed E-state index contributed by atoms with van der Waals surface area (Å²) in [5, 5.41) is 0. The van der Waals surface area contributed by atoms with Gasteiger partial charge in [-0.15, -0.1) is 0 Å². The molecule has 80 valence electrons. The Kier molecular flexibility index (Phi) is 2.90. The smallest absolute Gasteiger partial charge is 0.210 e. The number of nitrogens with two attached hydrogens (primary N) is 1. The van der Waals surface area contributed by atoms with E-state index in [0.717, 1.165) is 31.5 Å². The maximum Gasteiger partial charge on any atom is 0.210 e. The lowest BCUT2D eigenvalue weighted by Crippen LogP contribution is -2.32. The summed E-state index contributed by atoms with van der Waals surface area (Å²) in [6.45, 7) is 0.874. The molecule has 1 fully saturated rings. The minimum Gasteiger partial charge on any atom is -0.399 e. The van der Waals surface area contributed by atoms with Crippen molar-refractivity contribution in [1.82, 2.24) is 4.90 Å². The van der Waals surface area contributed by atoms with Crippen LogP contribution in [0, 0.1) is 0 Å². The summed E-state index contributed by atoms with van der Waals surface area (Å²) in [5.74, 6) is 0. The van der Waals surface area contributed by atoms with Crippen molar-refractivity contribution in [3.05, 3.63) is 29.8 Å². The van der Waals surface area contributed by atoms with E-state index in [9.17, 15) is 4.79 Å². The summed E-state index contributed by atoms with van der Waals surface area (Å²) < 4.78 is 0. The van der Waals surface area contributed by atoms with Gasteiger partial charge >= 0.3 is 0 Å². The van der Waals surface area contributed by atoms with Gasteiger partial charge in [-0.1, -0.05) is 12.1 Å². The first-order chi connectivity index (χ1) is 7.31. The van der Waals surface area contributed by atoms with E-state index in [0.29, 0.717) is 0 Å². The van der Waals surface area contributed by atoms with Gasteiger partial charge in [0.1, 0.15) is 0 Å². The van der Waals surface area contributed by atoms with Crippen molar-refractivity contribution in [3.8, 4) is 0 Å². The second-order valence-electron chi connectivity index (χ2n) is 4.02. The molecule has 1 atom stereocenters. The number of rotatable bonds is 2. The number of hydrogen-bond donors (Lipinski definition) is 1. The number of anilines is 1. The van der Waals surface area contributed by atoms with Crippen molar-refractivity contribution in [1.29, 1.82) is 0 Å². The van der Waals surface area contributed by atoms with Crippen molar-refractivity contribution in [2.45, 2.75) is 25.3 Å². The molecule has 0 aromatic heterocycles. The van der Waals surface area contributed by atoms with Crippen LogP contribution in [-0.2, 0) is 4.79 Å². The maximum atomic E-state index is 10.9. The number of likely N-dealkylation sites (tertiary alicyclic amines) is 1. The first kappa shape index (κ1) is 10.0. The van der Waals surface area contributed by atoms with Crippen molar-refractivity contribution in [2.75, 3.05) is 12.3 Å². The number of piperidine rings is 1. The fourth-order valence-electron chi connectivity index (χ4n) is 2.16. The normalized spacial score (nSPS) is 21.3. The largest absolute Gasteiger partial charge is 0.399 e. The lowest BCUT2D eigenvalue weighted by molar-refractivity contribution is -0.121. The van der Waals surface area contributed by atoms with Crippen molar-refractivity contribution in [2.24, 2.45) is 0 Å². The Morgan fingerprint density at radius 3 is 2.67 bits per heavy atom. The Bertz CT molecular complexity index is 334. The number of nitrogens with zero attached hydrogens (tertiary/aromatic N) is 1. The molecule has 1 aromatic carbocycles. The molecule has 0 aliphatic carbocycles. The van der Waals surface area contributed by atoms with Crippen LogP contribution in [0.15, 0.2) is 24.3 Å². The molecule has 1 heterocycles. The standard InChI is InChI=1S/C12H16N2O/c13-11-6-4-10(5-7-11)12-3-1-2-8-14(12)9-15/h4-7,9,12H,1-3,8,13H2. The quantitative estimate of drug-likeness (QED) is 0.591. The Balaban J connectivity index is 2.20. The molecule has 1 aliphatic rings. The topological polar surface area (TPSA) is 46.3 Å².